The van der Waals surface area contributed by atoms with E-state index in [0.717, 1.165) is 0 Å². The molecule has 0 aliphatic heterocycles. The summed E-state index contributed by atoms with van der Waals surface area (Å²) in [7, 11) is 3.25. The zero-order valence-corrected chi connectivity index (χ0v) is 6.01. The molecule has 0 aliphatic carbocycles. The maximum Gasteiger partial charge on any atom is 0 e. The second kappa shape index (κ2) is 25.0. The van der Waals surface area contributed by atoms with E-state index in [1.807, 2.05) is 0 Å². The Labute approximate surface area is 60.0 Å². The van der Waals surface area contributed by atoms with Crippen molar-refractivity contribution < 1.29 is 52.6 Å². The van der Waals surface area contributed by atoms with E-state index in [-0.39, 0.29) is 47.9 Å². The molecule has 0 bridgehead atoms. The quantitative estimate of drug-likeness (QED) is 0.443. The Bertz CT molecular complexity index is 8.00. The Balaban J connectivity index is -0.00000000500. The zero-order valence-electron chi connectivity index (χ0n) is 1.99. The number of rotatable bonds is 0. The van der Waals surface area contributed by atoms with Gasteiger partial charge in [0.05, 0.1) is 0 Å². The molecule has 0 heterocycles. The van der Waals surface area contributed by atoms with Crippen LogP contribution in [0.15, 0.2) is 0 Å². The van der Waals surface area contributed by atoms with Crippen LogP contribution >= 0.6 is 0 Å². The molecular formula is BOTiZr. The maximum atomic E-state index is 7.75. The summed E-state index contributed by atoms with van der Waals surface area (Å²) >= 11 is 0. The molecule has 17 valence electrons. The molecule has 0 rings (SSSR count). The van der Waals surface area contributed by atoms with E-state index in [2.05, 4.69) is 7.72 Å². The summed E-state index contributed by atoms with van der Waals surface area (Å²) in [6, 6.07) is 0. The van der Waals surface area contributed by atoms with Gasteiger partial charge in [-0.25, -0.2) is 0 Å². The second-order valence-corrected chi connectivity index (χ2v) is 0. The zero-order chi connectivity index (χ0) is 2.00. The fourth-order valence-electron chi connectivity index (χ4n) is 0. The average Bonchev–Trinajstić information content (AvgIpc) is 1.00. The minimum atomic E-state index is 0. The van der Waals surface area contributed by atoms with E-state index < -0.39 is 0 Å². The van der Waals surface area contributed by atoms with Gasteiger partial charge in [-0.05, 0) is 0 Å². The van der Waals surface area contributed by atoms with E-state index >= 15 is 0 Å². The van der Waals surface area contributed by atoms with Gasteiger partial charge < -0.3 is 0 Å². The summed E-state index contributed by atoms with van der Waals surface area (Å²) in [5.74, 6) is 0. The van der Waals surface area contributed by atoms with Crippen LogP contribution in [-0.4, -0.2) is 7.72 Å². The summed E-state index contributed by atoms with van der Waals surface area (Å²) < 4.78 is 7.75. The van der Waals surface area contributed by atoms with Gasteiger partial charge in [0.2, 0.25) is 0 Å². The largest absolute Gasteiger partial charge is 0 e. The van der Waals surface area contributed by atoms with Gasteiger partial charge >= 0.3 is 12.4 Å². The molecule has 0 aliphatic rings. The third-order valence-corrected chi connectivity index (χ3v) is 0. The van der Waals surface area contributed by atoms with Crippen LogP contribution in [-0.2, 0) is 52.6 Å². The summed E-state index contributed by atoms with van der Waals surface area (Å²) in [5.41, 5.74) is 0. The second-order valence-electron chi connectivity index (χ2n) is 0. The predicted molar refractivity (Wildman–Crippen MR) is 6.44 cm³/mol. The summed E-state index contributed by atoms with van der Waals surface area (Å²) in [6.07, 6.45) is 0. The average molecular weight is 166 g/mol. The van der Waals surface area contributed by atoms with Crippen LogP contribution in [0.5, 0.6) is 0 Å². The fraction of sp³-hybridized carbons (Fsp3) is 0. The van der Waals surface area contributed by atoms with Crippen LogP contribution in [0.25, 0.3) is 0 Å². The minimum Gasteiger partial charge on any atom is 0 e. The molecule has 0 saturated carbocycles. The van der Waals surface area contributed by atoms with E-state index in [4.69, 9.17) is 4.70 Å². The molecule has 0 aromatic carbocycles. The van der Waals surface area contributed by atoms with Gasteiger partial charge in [0.15, 0.2) is 0 Å². The smallest absolute Gasteiger partial charge is 0 e. The first-order valence-corrected chi connectivity index (χ1v) is 0.236. The molecule has 1 nitrogen and oxygen atoms in total. The third-order valence-electron chi connectivity index (χ3n) is 0. The van der Waals surface area contributed by atoms with Gasteiger partial charge in [-0.1, -0.05) is 0 Å². The van der Waals surface area contributed by atoms with Crippen LogP contribution in [0.2, 0.25) is 0 Å². The Morgan fingerprint density at radius 1 is 1.25 bits per heavy atom. The van der Waals surface area contributed by atoms with Crippen LogP contribution in [0.3, 0.4) is 0 Å². The van der Waals surface area contributed by atoms with Gasteiger partial charge in [0.1, 0.15) is 0 Å². The van der Waals surface area contributed by atoms with Gasteiger partial charge in [-0.3, -0.25) is 0 Å². The topological polar surface area (TPSA) is 17.1 Å². The molecule has 0 amide bonds. The van der Waals surface area contributed by atoms with Crippen molar-refractivity contribution in [3.8, 4) is 0 Å². The molecule has 0 atom stereocenters. The molecule has 0 saturated heterocycles. The van der Waals surface area contributed by atoms with Gasteiger partial charge in [-0.2, -0.15) is 0 Å². The number of hydrogen-bond acceptors (Lipinski definition) is 1. The van der Waals surface area contributed by atoms with Crippen LogP contribution in [0, 0.1) is 0 Å². The van der Waals surface area contributed by atoms with Crippen molar-refractivity contribution in [2.45, 2.75) is 0 Å². The molecule has 4 heavy (non-hydrogen) atoms. The molecule has 0 aromatic rings. The monoisotopic (exact) mass is 165 g/mol. The fourth-order valence-corrected chi connectivity index (χ4v) is 0. The summed E-state index contributed by atoms with van der Waals surface area (Å²) in [6.45, 7) is 0. The normalized spacial score (nSPS) is 0.750. The van der Waals surface area contributed by atoms with Crippen molar-refractivity contribution in [2.24, 2.45) is 0 Å². The van der Waals surface area contributed by atoms with E-state index in [9.17, 15) is 0 Å². The van der Waals surface area contributed by atoms with Crippen molar-refractivity contribution >= 4 is 7.72 Å². The van der Waals surface area contributed by atoms with Crippen LogP contribution in [0.1, 0.15) is 0 Å². The van der Waals surface area contributed by atoms with Crippen molar-refractivity contribution in [3.63, 3.8) is 0 Å². The van der Waals surface area contributed by atoms with Crippen molar-refractivity contribution in [3.05, 3.63) is 0 Å². The van der Waals surface area contributed by atoms with Crippen molar-refractivity contribution in [1.82, 2.24) is 0 Å². The molecule has 0 spiro atoms. The van der Waals surface area contributed by atoms with E-state index in [1.54, 1.807) is 0 Å². The van der Waals surface area contributed by atoms with Crippen molar-refractivity contribution in [2.75, 3.05) is 0 Å². The first-order chi connectivity index (χ1) is 1.00. The van der Waals surface area contributed by atoms with E-state index in [1.165, 1.54) is 0 Å². The van der Waals surface area contributed by atoms with Gasteiger partial charge in [0, 0.05) is 47.9 Å². The van der Waals surface area contributed by atoms with Crippen LogP contribution in [0.4, 0.5) is 0 Å². The third kappa shape index (κ3) is 9.82. The number of hydrogen-bond donors (Lipinski definition) is 0. The standard InChI is InChI=1S/BO.Ti.Zr/c1-2;;. The molecule has 0 N–H and O–H groups in total. The Morgan fingerprint density at radius 3 is 1.25 bits per heavy atom. The van der Waals surface area contributed by atoms with Gasteiger partial charge in [0.25, 0.3) is 0 Å². The molecule has 0 aromatic heterocycles. The Hall–Kier alpha value is 1.46. The predicted octanol–water partition coefficient (Wildman–Crippen LogP) is -0.505. The summed E-state index contributed by atoms with van der Waals surface area (Å²) in [5, 5.41) is 0. The van der Waals surface area contributed by atoms with Gasteiger partial charge in [-0.15, -0.1) is 0 Å². The van der Waals surface area contributed by atoms with Crippen molar-refractivity contribution in [1.29, 1.82) is 0 Å². The molecule has 4 heteroatoms. The first-order valence-electron chi connectivity index (χ1n) is 0.236. The SMILES string of the molecule is [B]=O.[Ti].[Zr]. The maximum absolute atomic E-state index is 7.75. The Morgan fingerprint density at radius 2 is 1.25 bits per heavy atom. The Kier molecular flexibility index (Phi) is 112. The molecule has 1 radical (unpaired) electrons. The minimum absolute atomic E-state index is 0. The molecule has 0 unspecified atom stereocenters. The van der Waals surface area contributed by atoms with Crippen LogP contribution < -0.4 is 0 Å². The molecule has 0 fully saturated rings. The summed E-state index contributed by atoms with van der Waals surface area (Å²) in [4.78, 5) is 0. The van der Waals surface area contributed by atoms with E-state index in [0.29, 0.717) is 0 Å². The molecular weight excluding hydrogens is 166 g/mol. The first kappa shape index (κ1) is 17.9.